The second-order valence-corrected chi connectivity index (χ2v) is 6.80. The predicted octanol–water partition coefficient (Wildman–Crippen LogP) is 1.96. The van der Waals surface area contributed by atoms with Crippen LogP contribution in [0.5, 0.6) is 5.75 Å². The third kappa shape index (κ3) is 6.92. The lowest BCUT2D eigenvalue weighted by Crippen LogP contribution is -2.51. The van der Waals surface area contributed by atoms with Gasteiger partial charge in [0.2, 0.25) is 0 Å². The molecule has 0 amide bonds. The van der Waals surface area contributed by atoms with Crippen LogP contribution >= 0.6 is 24.0 Å². The molecule has 0 saturated carbocycles. The molecule has 148 valence electrons. The lowest BCUT2D eigenvalue weighted by molar-refractivity contribution is 0.119. The molecule has 0 aromatic heterocycles. The standard InChI is InChI=1S/C19H33N5O.HI/c1-6-20-19(21-13-17-15-22(2)11-12-23(17)3)24(4)14-16-7-9-18(25-5)10-8-16;/h7-10,17H,6,11-15H2,1-5H3,(H,20,21);1H. The van der Waals surface area contributed by atoms with Gasteiger partial charge in [-0.3, -0.25) is 9.89 Å². The van der Waals surface area contributed by atoms with Gasteiger partial charge >= 0.3 is 0 Å². The highest BCUT2D eigenvalue weighted by molar-refractivity contribution is 14.0. The molecule has 1 heterocycles. The Hall–Kier alpha value is -1.06. The van der Waals surface area contributed by atoms with E-state index in [0.29, 0.717) is 6.04 Å². The van der Waals surface area contributed by atoms with Crippen LogP contribution in [0.4, 0.5) is 0 Å². The Balaban J connectivity index is 0.00000338. The van der Waals surface area contributed by atoms with E-state index in [1.807, 2.05) is 12.1 Å². The summed E-state index contributed by atoms with van der Waals surface area (Å²) in [6, 6.07) is 8.67. The molecule has 1 fully saturated rings. The van der Waals surface area contributed by atoms with Gasteiger partial charge in [0.15, 0.2) is 5.96 Å². The van der Waals surface area contributed by atoms with Crippen molar-refractivity contribution in [3.63, 3.8) is 0 Å². The molecule has 1 N–H and O–H groups in total. The lowest BCUT2D eigenvalue weighted by atomic mass is 10.2. The van der Waals surface area contributed by atoms with Crippen molar-refractivity contribution in [3.05, 3.63) is 29.8 Å². The molecule has 1 saturated heterocycles. The zero-order valence-corrected chi connectivity index (χ0v) is 19.1. The fourth-order valence-electron chi connectivity index (χ4n) is 3.04. The fourth-order valence-corrected chi connectivity index (χ4v) is 3.04. The predicted molar refractivity (Wildman–Crippen MR) is 120 cm³/mol. The lowest BCUT2D eigenvalue weighted by Gasteiger charge is -2.37. The highest BCUT2D eigenvalue weighted by Gasteiger charge is 2.22. The zero-order valence-electron chi connectivity index (χ0n) is 16.7. The number of halogens is 1. The topological polar surface area (TPSA) is 43.3 Å². The van der Waals surface area contributed by atoms with E-state index < -0.39 is 0 Å². The molecular weight excluding hydrogens is 441 g/mol. The van der Waals surface area contributed by atoms with Crippen LogP contribution in [0.2, 0.25) is 0 Å². The fraction of sp³-hybridized carbons (Fsp3) is 0.632. The van der Waals surface area contributed by atoms with Crippen LogP contribution in [0, 0.1) is 0 Å². The van der Waals surface area contributed by atoms with Gasteiger partial charge in [-0.15, -0.1) is 24.0 Å². The van der Waals surface area contributed by atoms with Crippen molar-refractivity contribution in [2.24, 2.45) is 4.99 Å². The maximum Gasteiger partial charge on any atom is 0.194 e. The van der Waals surface area contributed by atoms with Crippen molar-refractivity contribution in [1.82, 2.24) is 20.0 Å². The Bertz CT molecular complexity index is 551. The van der Waals surface area contributed by atoms with E-state index in [4.69, 9.17) is 9.73 Å². The molecule has 1 unspecified atom stereocenters. The van der Waals surface area contributed by atoms with Crippen molar-refractivity contribution < 1.29 is 4.74 Å². The third-order valence-electron chi connectivity index (χ3n) is 4.71. The third-order valence-corrected chi connectivity index (χ3v) is 4.71. The van der Waals surface area contributed by atoms with Gasteiger partial charge in [0.1, 0.15) is 5.75 Å². The SMILES string of the molecule is CCNC(=NCC1CN(C)CCN1C)N(C)Cc1ccc(OC)cc1.I. The summed E-state index contributed by atoms with van der Waals surface area (Å²) < 4.78 is 5.23. The molecule has 0 bridgehead atoms. The summed E-state index contributed by atoms with van der Waals surface area (Å²) in [6.45, 7) is 7.92. The summed E-state index contributed by atoms with van der Waals surface area (Å²) in [5.74, 6) is 1.84. The van der Waals surface area contributed by atoms with E-state index in [9.17, 15) is 0 Å². The highest BCUT2D eigenvalue weighted by Crippen LogP contribution is 2.13. The molecule has 1 aromatic carbocycles. The average Bonchev–Trinajstić information content (AvgIpc) is 2.61. The first-order chi connectivity index (χ1) is 12.0. The minimum Gasteiger partial charge on any atom is -0.497 e. The summed E-state index contributed by atoms with van der Waals surface area (Å²) in [5.41, 5.74) is 1.24. The van der Waals surface area contributed by atoms with Crippen molar-refractivity contribution >= 4 is 29.9 Å². The molecule has 6 nitrogen and oxygen atoms in total. The smallest absolute Gasteiger partial charge is 0.194 e. The van der Waals surface area contributed by atoms with Gasteiger partial charge in [0, 0.05) is 45.8 Å². The number of rotatable bonds is 6. The molecule has 1 aliphatic rings. The Morgan fingerprint density at radius 1 is 1.27 bits per heavy atom. The molecule has 0 radical (unpaired) electrons. The van der Waals surface area contributed by atoms with Crippen molar-refractivity contribution in [3.8, 4) is 5.75 Å². The van der Waals surface area contributed by atoms with Gasteiger partial charge in [0.05, 0.1) is 13.7 Å². The van der Waals surface area contributed by atoms with Gasteiger partial charge in [0.25, 0.3) is 0 Å². The molecule has 26 heavy (non-hydrogen) atoms. The maximum atomic E-state index is 5.23. The minimum absolute atomic E-state index is 0. The normalized spacial score (nSPS) is 19.0. The Labute approximate surface area is 175 Å². The molecule has 0 spiro atoms. The number of hydrogen-bond acceptors (Lipinski definition) is 4. The van der Waals surface area contributed by atoms with E-state index in [-0.39, 0.29) is 24.0 Å². The van der Waals surface area contributed by atoms with Crippen molar-refractivity contribution in [2.45, 2.75) is 19.5 Å². The van der Waals surface area contributed by atoms with E-state index in [2.05, 4.69) is 60.2 Å². The van der Waals surface area contributed by atoms with Gasteiger partial charge < -0.3 is 19.9 Å². The number of hydrogen-bond donors (Lipinski definition) is 1. The van der Waals surface area contributed by atoms with Crippen LogP contribution in [0.3, 0.4) is 0 Å². The summed E-state index contributed by atoms with van der Waals surface area (Å²) in [5, 5.41) is 3.41. The summed E-state index contributed by atoms with van der Waals surface area (Å²) in [4.78, 5) is 11.9. The number of benzene rings is 1. The first-order valence-corrected chi connectivity index (χ1v) is 9.04. The van der Waals surface area contributed by atoms with Crippen molar-refractivity contribution in [1.29, 1.82) is 0 Å². The van der Waals surface area contributed by atoms with E-state index >= 15 is 0 Å². The maximum absolute atomic E-state index is 5.23. The zero-order chi connectivity index (χ0) is 18.2. The summed E-state index contributed by atoms with van der Waals surface area (Å²) >= 11 is 0. The number of guanidine groups is 1. The second-order valence-electron chi connectivity index (χ2n) is 6.80. The largest absolute Gasteiger partial charge is 0.497 e. The molecule has 7 heteroatoms. The monoisotopic (exact) mass is 475 g/mol. The number of methoxy groups -OCH3 is 1. The number of ether oxygens (including phenoxy) is 1. The van der Waals surface area contributed by atoms with Crippen molar-refractivity contribution in [2.75, 3.05) is 61.0 Å². The van der Waals surface area contributed by atoms with Crippen LogP contribution in [-0.2, 0) is 6.54 Å². The van der Waals surface area contributed by atoms with Gasteiger partial charge in [-0.2, -0.15) is 0 Å². The Morgan fingerprint density at radius 2 is 1.96 bits per heavy atom. The van der Waals surface area contributed by atoms with Crippen LogP contribution in [0.1, 0.15) is 12.5 Å². The molecule has 1 atom stereocenters. The van der Waals surface area contributed by atoms with Gasteiger partial charge in [-0.1, -0.05) is 12.1 Å². The molecule has 0 aliphatic carbocycles. The average molecular weight is 475 g/mol. The van der Waals surface area contributed by atoms with Crippen LogP contribution < -0.4 is 10.1 Å². The van der Waals surface area contributed by atoms with Crippen LogP contribution in [-0.4, -0.2) is 87.7 Å². The highest BCUT2D eigenvalue weighted by atomic mass is 127. The van der Waals surface area contributed by atoms with Crippen LogP contribution in [0.25, 0.3) is 0 Å². The molecule has 1 aromatic rings. The summed E-state index contributed by atoms with van der Waals surface area (Å²) in [6.07, 6.45) is 0. The first kappa shape index (κ1) is 23.0. The number of nitrogens with zero attached hydrogens (tertiary/aromatic N) is 4. The van der Waals surface area contributed by atoms with E-state index in [1.165, 1.54) is 5.56 Å². The number of piperazine rings is 1. The molecular formula is C19H34IN5O. The quantitative estimate of drug-likeness (QED) is 0.387. The number of likely N-dealkylation sites (N-methyl/N-ethyl adjacent to an activating group) is 2. The second kappa shape index (κ2) is 11.6. The Morgan fingerprint density at radius 3 is 2.58 bits per heavy atom. The van der Waals surface area contributed by atoms with E-state index in [0.717, 1.165) is 51.0 Å². The molecule has 2 rings (SSSR count). The van der Waals surface area contributed by atoms with Gasteiger partial charge in [-0.05, 0) is 38.7 Å². The van der Waals surface area contributed by atoms with E-state index in [1.54, 1.807) is 7.11 Å². The summed E-state index contributed by atoms with van der Waals surface area (Å²) in [7, 11) is 8.16. The number of nitrogens with one attached hydrogen (secondary N) is 1. The number of aliphatic imine (C=N–C) groups is 1. The minimum atomic E-state index is 0. The molecule has 1 aliphatic heterocycles. The van der Waals surface area contributed by atoms with Crippen LogP contribution in [0.15, 0.2) is 29.3 Å². The first-order valence-electron chi connectivity index (χ1n) is 9.04. The Kier molecular flexibility index (Phi) is 10.3. The van der Waals surface area contributed by atoms with Gasteiger partial charge in [-0.25, -0.2) is 0 Å².